The fourth-order valence-electron chi connectivity index (χ4n) is 1.91. The van der Waals surface area contributed by atoms with Gasteiger partial charge in [0.15, 0.2) is 0 Å². The summed E-state index contributed by atoms with van der Waals surface area (Å²) in [5.74, 6) is 2.48. The van der Waals surface area contributed by atoms with Crippen LogP contribution in [0.5, 0.6) is 0 Å². The molecule has 20 heavy (non-hydrogen) atoms. The van der Waals surface area contributed by atoms with Crippen LogP contribution in [-0.2, 0) is 16.3 Å². The lowest BCUT2D eigenvalue weighted by Gasteiger charge is -2.21. The number of sulfone groups is 1. The molecule has 1 aromatic rings. The number of nitrogens with one attached hydrogen (secondary N) is 1. The van der Waals surface area contributed by atoms with Crippen molar-refractivity contribution in [1.82, 2.24) is 9.97 Å². The van der Waals surface area contributed by atoms with Crippen LogP contribution in [0.4, 0.5) is 11.6 Å². The summed E-state index contributed by atoms with van der Waals surface area (Å²) >= 11 is 0. The SMILES string of the molecule is CCCc1nc(NC)c(C)c(N(C)CCS(C)(=O)=O)n1. The van der Waals surface area contributed by atoms with E-state index in [0.29, 0.717) is 6.54 Å². The highest BCUT2D eigenvalue weighted by atomic mass is 32.2. The van der Waals surface area contributed by atoms with Crippen molar-refractivity contribution in [3.05, 3.63) is 11.4 Å². The van der Waals surface area contributed by atoms with Crippen molar-refractivity contribution in [1.29, 1.82) is 0 Å². The molecule has 0 aliphatic heterocycles. The van der Waals surface area contributed by atoms with Crippen molar-refractivity contribution in [2.24, 2.45) is 0 Å². The Morgan fingerprint density at radius 3 is 2.45 bits per heavy atom. The molecule has 7 heteroatoms. The van der Waals surface area contributed by atoms with Gasteiger partial charge in [0.1, 0.15) is 27.3 Å². The maximum Gasteiger partial charge on any atom is 0.149 e. The van der Waals surface area contributed by atoms with E-state index >= 15 is 0 Å². The van der Waals surface area contributed by atoms with Crippen LogP contribution in [0.25, 0.3) is 0 Å². The minimum absolute atomic E-state index is 0.116. The molecule has 114 valence electrons. The summed E-state index contributed by atoms with van der Waals surface area (Å²) in [7, 11) is 0.705. The number of aryl methyl sites for hydroxylation is 1. The van der Waals surface area contributed by atoms with Gasteiger partial charge in [0.05, 0.1) is 5.75 Å². The summed E-state index contributed by atoms with van der Waals surface area (Å²) in [5, 5.41) is 3.07. The molecule has 0 radical (unpaired) electrons. The van der Waals surface area contributed by atoms with Crippen LogP contribution < -0.4 is 10.2 Å². The zero-order chi connectivity index (χ0) is 15.3. The van der Waals surface area contributed by atoms with Gasteiger partial charge in [-0.3, -0.25) is 0 Å². The first-order valence-electron chi connectivity index (χ1n) is 6.72. The molecule has 0 unspecified atom stereocenters. The van der Waals surface area contributed by atoms with Crippen LogP contribution >= 0.6 is 0 Å². The number of rotatable bonds is 7. The van der Waals surface area contributed by atoms with Crippen molar-refractivity contribution < 1.29 is 8.42 Å². The van der Waals surface area contributed by atoms with Crippen LogP contribution in [0, 0.1) is 6.92 Å². The lowest BCUT2D eigenvalue weighted by atomic mass is 10.2. The number of hydrogen-bond donors (Lipinski definition) is 1. The van der Waals surface area contributed by atoms with E-state index in [-0.39, 0.29) is 5.75 Å². The Hall–Kier alpha value is -1.37. The van der Waals surface area contributed by atoms with Crippen molar-refractivity contribution in [2.75, 3.05) is 42.9 Å². The third-order valence-electron chi connectivity index (χ3n) is 3.04. The second-order valence-corrected chi connectivity index (χ2v) is 7.25. The Balaban J connectivity index is 3.05. The second kappa shape index (κ2) is 6.88. The molecule has 0 saturated heterocycles. The predicted octanol–water partition coefficient (Wildman–Crippen LogP) is 1.26. The molecule has 1 aromatic heterocycles. The fraction of sp³-hybridized carbons (Fsp3) is 0.692. The Morgan fingerprint density at radius 1 is 1.30 bits per heavy atom. The molecule has 0 atom stereocenters. The van der Waals surface area contributed by atoms with Crippen LogP contribution in [0.2, 0.25) is 0 Å². The molecule has 0 aromatic carbocycles. The quantitative estimate of drug-likeness (QED) is 0.817. The standard InChI is InChI=1S/C13H24N4O2S/c1-6-7-11-15-12(14-3)10(2)13(16-11)17(4)8-9-20(5,18)19/h6-9H2,1-5H3,(H,14,15,16). The normalized spacial score (nSPS) is 11.4. The maximum atomic E-state index is 11.3. The number of hydrogen-bond acceptors (Lipinski definition) is 6. The van der Waals surface area contributed by atoms with Gasteiger partial charge in [-0.15, -0.1) is 0 Å². The third kappa shape index (κ3) is 4.63. The maximum absolute atomic E-state index is 11.3. The molecular formula is C13H24N4O2S. The molecule has 0 saturated carbocycles. The number of anilines is 2. The zero-order valence-corrected chi connectivity index (χ0v) is 13.7. The van der Waals surface area contributed by atoms with Crippen molar-refractivity contribution in [3.8, 4) is 0 Å². The van der Waals surface area contributed by atoms with E-state index in [9.17, 15) is 8.42 Å². The second-order valence-electron chi connectivity index (χ2n) is 4.99. The van der Waals surface area contributed by atoms with Crippen molar-refractivity contribution in [2.45, 2.75) is 26.7 Å². The lowest BCUT2D eigenvalue weighted by molar-refractivity contribution is 0.601. The van der Waals surface area contributed by atoms with Crippen LogP contribution in [-0.4, -0.2) is 51.0 Å². The smallest absolute Gasteiger partial charge is 0.149 e. The summed E-state index contributed by atoms with van der Waals surface area (Å²) in [5.41, 5.74) is 0.934. The van der Waals surface area contributed by atoms with E-state index in [0.717, 1.165) is 35.9 Å². The van der Waals surface area contributed by atoms with Gasteiger partial charge in [-0.25, -0.2) is 18.4 Å². The summed E-state index contributed by atoms with van der Waals surface area (Å²) in [6.07, 6.45) is 3.02. The highest BCUT2D eigenvalue weighted by Crippen LogP contribution is 2.22. The van der Waals surface area contributed by atoms with Gasteiger partial charge in [0.25, 0.3) is 0 Å². The van der Waals surface area contributed by atoms with Gasteiger partial charge in [-0.1, -0.05) is 6.92 Å². The zero-order valence-electron chi connectivity index (χ0n) is 12.9. The topological polar surface area (TPSA) is 75.2 Å². The van der Waals surface area contributed by atoms with Gasteiger partial charge in [-0.2, -0.15) is 0 Å². The van der Waals surface area contributed by atoms with Crippen molar-refractivity contribution in [3.63, 3.8) is 0 Å². The molecule has 1 heterocycles. The Bertz CT molecular complexity index is 558. The van der Waals surface area contributed by atoms with E-state index in [4.69, 9.17) is 0 Å². The fourth-order valence-corrected chi connectivity index (χ4v) is 2.51. The molecular weight excluding hydrogens is 276 g/mol. The lowest BCUT2D eigenvalue weighted by Crippen LogP contribution is -2.27. The monoisotopic (exact) mass is 300 g/mol. The average Bonchev–Trinajstić information content (AvgIpc) is 2.37. The minimum Gasteiger partial charge on any atom is -0.373 e. The Kier molecular flexibility index (Phi) is 5.74. The summed E-state index contributed by atoms with van der Waals surface area (Å²) in [6.45, 7) is 4.44. The van der Waals surface area contributed by atoms with E-state index in [1.54, 1.807) is 0 Å². The molecule has 1 N–H and O–H groups in total. The van der Waals surface area contributed by atoms with Crippen LogP contribution in [0.15, 0.2) is 0 Å². The molecule has 1 rings (SSSR count). The Labute approximate surface area is 121 Å². The largest absolute Gasteiger partial charge is 0.373 e. The van der Waals surface area contributed by atoms with Crippen LogP contribution in [0.3, 0.4) is 0 Å². The highest BCUT2D eigenvalue weighted by molar-refractivity contribution is 7.90. The van der Waals surface area contributed by atoms with Crippen molar-refractivity contribution >= 4 is 21.5 Å². The highest BCUT2D eigenvalue weighted by Gasteiger charge is 2.14. The molecule has 0 amide bonds. The van der Waals surface area contributed by atoms with Gasteiger partial charge < -0.3 is 10.2 Å². The number of nitrogens with zero attached hydrogens (tertiary/aromatic N) is 3. The predicted molar refractivity (Wildman–Crippen MR) is 83.3 cm³/mol. The van der Waals surface area contributed by atoms with Gasteiger partial charge in [0.2, 0.25) is 0 Å². The molecule has 0 fully saturated rings. The molecule has 0 bridgehead atoms. The summed E-state index contributed by atoms with van der Waals surface area (Å²) in [4.78, 5) is 10.9. The first-order valence-corrected chi connectivity index (χ1v) is 8.78. The first-order chi connectivity index (χ1) is 9.28. The van der Waals surface area contributed by atoms with Gasteiger partial charge in [-0.05, 0) is 13.3 Å². The third-order valence-corrected chi connectivity index (χ3v) is 3.96. The van der Waals surface area contributed by atoms with Gasteiger partial charge >= 0.3 is 0 Å². The minimum atomic E-state index is -2.98. The van der Waals surface area contributed by atoms with Gasteiger partial charge in [0, 0.05) is 38.9 Å². The molecule has 6 nitrogen and oxygen atoms in total. The summed E-state index contributed by atoms with van der Waals surface area (Å²) in [6, 6.07) is 0. The first kappa shape index (κ1) is 16.7. The Morgan fingerprint density at radius 2 is 1.95 bits per heavy atom. The molecule has 0 aliphatic rings. The van der Waals surface area contributed by atoms with E-state index < -0.39 is 9.84 Å². The average molecular weight is 300 g/mol. The van der Waals surface area contributed by atoms with E-state index in [1.165, 1.54) is 6.26 Å². The molecule has 0 spiro atoms. The van der Waals surface area contributed by atoms with E-state index in [1.807, 2.05) is 25.9 Å². The summed E-state index contributed by atoms with van der Waals surface area (Å²) < 4.78 is 22.5. The number of aromatic nitrogens is 2. The molecule has 0 aliphatic carbocycles. The van der Waals surface area contributed by atoms with E-state index in [2.05, 4.69) is 22.2 Å². The van der Waals surface area contributed by atoms with Crippen LogP contribution in [0.1, 0.15) is 24.7 Å².